The maximum Gasteiger partial charge on any atom is 0.287 e. The molecule has 1 aliphatic heterocycles. The van der Waals surface area contributed by atoms with Crippen molar-refractivity contribution in [3.8, 4) is 0 Å². The van der Waals surface area contributed by atoms with Crippen molar-refractivity contribution in [3.05, 3.63) is 18.2 Å². The van der Waals surface area contributed by atoms with Crippen LogP contribution in [0.2, 0.25) is 0 Å². The number of aromatic nitrogens is 2. The number of hydrogen-bond donors (Lipinski definition) is 2. The molecule has 6 heteroatoms. The zero-order chi connectivity index (χ0) is 11.2. The molecule has 0 bridgehead atoms. The van der Waals surface area contributed by atoms with Gasteiger partial charge in [-0.3, -0.25) is 9.69 Å². The maximum atomic E-state index is 11.5. The van der Waals surface area contributed by atoms with Crippen LogP contribution in [0.3, 0.4) is 0 Å². The molecule has 1 aromatic rings. The molecule has 0 aromatic carbocycles. The van der Waals surface area contributed by atoms with E-state index in [0.29, 0.717) is 12.4 Å². The van der Waals surface area contributed by atoms with Crippen LogP contribution in [0.25, 0.3) is 0 Å². The molecule has 16 heavy (non-hydrogen) atoms. The molecule has 0 unspecified atom stereocenters. The maximum absolute atomic E-state index is 11.5. The van der Waals surface area contributed by atoms with Crippen molar-refractivity contribution >= 4 is 5.91 Å². The summed E-state index contributed by atoms with van der Waals surface area (Å²) < 4.78 is 5.24. The lowest BCUT2D eigenvalue weighted by Gasteiger charge is -2.26. The van der Waals surface area contributed by atoms with E-state index in [4.69, 9.17) is 4.74 Å². The molecule has 1 aromatic heterocycles. The van der Waals surface area contributed by atoms with Crippen LogP contribution in [0.5, 0.6) is 0 Å². The SMILES string of the molecule is O=C(NCCN1CCOCC1)c1ncc[nH]1. The first-order chi connectivity index (χ1) is 7.86. The average Bonchev–Trinajstić information content (AvgIpc) is 2.84. The predicted octanol–water partition coefficient (Wildman–Crippen LogP) is -0.528. The fourth-order valence-electron chi connectivity index (χ4n) is 1.63. The van der Waals surface area contributed by atoms with Gasteiger partial charge in [-0.2, -0.15) is 0 Å². The van der Waals surface area contributed by atoms with E-state index in [1.165, 1.54) is 0 Å². The van der Waals surface area contributed by atoms with E-state index in [2.05, 4.69) is 20.2 Å². The molecule has 0 spiro atoms. The Morgan fingerprint density at radius 2 is 2.38 bits per heavy atom. The quantitative estimate of drug-likeness (QED) is 0.721. The summed E-state index contributed by atoms with van der Waals surface area (Å²) in [6.45, 7) is 4.95. The first kappa shape index (κ1) is 11.1. The van der Waals surface area contributed by atoms with Crippen LogP contribution in [-0.4, -0.2) is 60.2 Å². The van der Waals surface area contributed by atoms with Gasteiger partial charge in [-0.25, -0.2) is 4.98 Å². The number of nitrogens with one attached hydrogen (secondary N) is 2. The molecule has 0 saturated carbocycles. The highest BCUT2D eigenvalue weighted by molar-refractivity contribution is 5.90. The van der Waals surface area contributed by atoms with E-state index >= 15 is 0 Å². The topological polar surface area (TPSA) is 70.2 Å². The number of aromatic amines is 1. The number of imidazole rings is 1. The van der Waals surface area contributed by atoms with Crippen LogP contribution < -0.4 is 5.32 Å². The Labute approximate surface area is 94.0 Å². The highest BCUT2D eigenvalue weighted by atomic mass is 16.5. The zero-order valence-electron chi connectivity index (χ0n) is 9.11. The molecule has 0 atom stereocenters. The van der Waals surface area contributed by atoms with E-state index in [0.717, 1.165) is 32.8 Å². The second-order valence-electron chi connectivity index (χ2n) is 3.65. The summed E-state index contributed by atoms with van der Waals surface area (Å²) in [4.78, 5) is 20.4. The molecular formula is C10H16N4O2. The first-order valence-electron chi connectivity index (χ1n) is 5.44. The minimum atomic E-state index is -0.154. The lowest BCUT2D eigenvalue weighted by Crippen LogP contribution is -2.41. The van der Waals surface area contributed by atoms with Crippen molar-refractivity contribution in [3.63, 3.8) is 0 Å². The molecule has 0 radical (unpaired) electrons. The number of nitrogens with zero attached hydrogens (tertiary/aromatic N) is 2. The van der Waals surface area contributed by atoms with Gasteiger partial charge in [0.25, 0.3) is 5.91 Å². The van der Waals surface area contributed by atoms with Gasteiger partial charge in [0.2, 0.25) is 0 Å². The summed E-state index contributed by atoms with van der Waals surface area (Å²) in [7, 11) is 0. The average molecular weight is 224 g/mol. The van der Waals surface area contributed by atoms with Gasteiger partial charge >= 0.3 is 0 Å². The fraction of sp³-hybridized carbons (Fsp3) is 0.600. The molecule has 2 rings (SSSR count). The number of carbonyl (C=O) groups excluding carboxylic acids is 1. The summed E-state index contributed by atoms with van der Waals surface area (Å²) in [5, 5.41) is 2.82. The monoisotopic (exact) mass is 224 g/mol. The van der Waals surface area contributed by atoms with Crippen molar-refractivity contribution in [2.45, 2.75) is 0 Å². The predicted molar refractivity (Wildman–Crippen MR) is 58.2 cm³/mol. The third-order valence-electron chi connectivity index (χ3n) is 2.53. The first-order valence-corrected chi connectivity index (χ1v) is 5.44. The second-order valence-corrected chi connectivity index (χ2v) is 3.65. The number of morpholine rings is 1. The van der Waals surface area contributed by atoms with Crippen LogP contribution in [0, 0.1) is 0 Å². The van der Waals surface area contributed by atoms with E-state index in [1.54, 1.807) is 12.4 Å². The van der Waals surface area contributed by atoms with Crippen molar-refractivity contribution in [2.75, 3.05) is 39.4 Å². The summed E-state index contributed by atoms with van der Waals surface area (Å²) in [6, 6.07) is 0. The van der Waals surface area contributed by atoms with Gasteiger partial charge < -0.3 is 15.0 Å². The molecule has 2 N–H and O–H groups in total. The van der Waals surface area contributed by atoms with Crippen molar-refractivity contribution < 1.29 is 9.53 Å². The van der Waals surface area contributed by atoms with E-state index in [9.17, 15) is 4.79 Å². The van der Waals surface area contributed by atoms with Crippen LogP contribution in [0.15, 0.2) is 12.4 Å². The minimum Gasteiger partial charge on any atom is -0.379 e. The molecule has 1 amide bonds. The molecular weight excluding hydrogens is 208 g/mol. The van der Waals surface area contributed by atoms with Gasteiger partial charge in [-0.05, 0) is 0 Å². The molecule has 1 aliphatic rings. The van der Waals surface area contributed by atoms with Gasteiger partial charge in [0.1, 0.15) is 0 Å². The summed E-state index contributed by atoms with van der Waals surface area (Å²) in [5.74, 6) is 0.209. The molecule has 1 fully saturated rings. The van der Waals surface area contributed by atoms with Crippen LogP contribution in [0.4, 0.5) is 0 Å². The number of amides is 1. The molecule has 1 saturated heterocycles. The second kappa shape index (κ2) is 5.62. The van der Waals surface area contributed by atoms with Gasteiger partial charge in [0.05, 0.1) is 13.2 Å². The lowest BCUT2D eigenvalue weighted by atomic mass is 10.4. The van der Waals surface area contributed by atoms with Crippen LogP contribution >= 0.6 is 0 Å². The number of H-pyrrole nitrogens is 1. The van der Waals surface area contributed by atoms with Gasteiger partial charge in [-0.15, -0.1) is 0 Å². The highest BCUT2D eigenvalue weighted by Gasteiger charge is 2.11. The number of ether oxygens (including phenoxy) is 1. The Bertz CT molecular complexity index is 320. The Hall–Kier alpha value is -1.40. The van der Waals surface area contributed by atoms with Crippen LogP contribution in [-0.2, 0) is 4.74 Å². The standard InChI is InChI=1S/C10H16N4O2/c15-10(9-11-1-2-12-9)13-3-4-14-5-7-16-8-6-14/h1-2H,3-8H2,(H,11,12)(H,13,15). The summed E-state index contributed by atoms with van der Waals surface area (Å²) in [6.07, 6.45) is 3.20. The smallest absolute Gasteiger partial charge is 0.287 e. The third-order valence-corrected chi connectivity index (χ3v) is 2.53. The molecule has 88 valence electrons. The Kier molecular flexibility index (Phi) is 3.90. The number of carbonyl (C=O) groups is 1. The van der Waals surface area contributed by atoms with E-state index in [-0.39, 0.29) is 5.91 Å². The van der Waals surface area contributed by atoms with Gasteiger partial charge in [0.15, 0.2) is 5.82 Å². The van der Waals surface area contributed by atoms with E-state index in [1.807, 2.05) is 0 Å². The summed E-state index contributed by atoms with van der Waals surface area (Å²) >= 11 is 0. The molecule has 6 nitrogen and oxygen atoms in total. The normalized spacial score (nSPS) is 17.2. The number of hydrogen-bond acceptors (Lipinski definition) is 4. The highest BCUT2D eigenvalue weighted by Crippen LogP contribution is 1.95. The van der Waals surface area contributed by atoms with E-state index < -0.39 is 0 Å². The third kappa shape index (κ3) is 3.04. The van der Waals surface area contributed by atoms with Gasteiger partial charge in [-0.1, -0.05) is 0 Å². The Morgan fingerprint density at radius 1 is 1.56 bits per heavy atom. The van der Waals surface area contributed by atoms with Gasteiger partial charge in [0, 0.05) is 38.6 Å². The molecule has 0 aliphatic carbocycles. The largest absolute Gasteiger partial charge is 0.379 e. The van der Waals surface area contributed by atoms with Crippen LogP contribution in [0.1, 0.15) is 10.6 Å². The van der Waals surface area contributed by atoms with Crippen molar-refractivity contribution in [1.82, 2.24) is 20.2 Å². The molecule has 2 heterocycles. The minimum absolute atomic E-state index is 0.154. The zero-order valence-corrected chi connectivity index (χ0v) is 9.11. The lowest BCUT2D eigenvalue weighted by molar-refractivity contribution is 0.0383. The Balaban J connectivity index is 1.66. The van der Waals surface area contributed by atoms with Crippen molar-refractivity contribution in [1.29, 1.82) is 0 Å². The summed E-state index contributed by atoms with van der Waals surface area (Å²) in [5.41, 5.74) is 0. The number of rotatable bonds is 4. The Morgan fingerprint density at radius 3 is 3.06 bits per heavy atom. The fourth-order valence-corrected chi connectivity index (χ4v) is 1.63. The van der Waals surface area contributed by atoms with Crippen molar-refractivity contribution in [2.24, 2.45) is 0 Å².